The Morgan fingerprint density at radius 1 is 1.37 bits per heavy atom. The van der Waals surface area contributed by atoms with Crippen LogP contribution < -0.4 is 10.6 Å². The second-order valence-electron chi connectivity index (χ2n) is 5.02. The Labute approximate surface area is 112 Å². The van der Waals surface area contributed by atoms with Crippen molar-refractivity contribution in [2.45, 2.75) is 31.8 Å². The van der Waals surface area contributed by atoms with Crippen LogP contribution in [0.4, 0.5) is 4.79 Å². The first kappa shape index (κ1) is 13.4. The predicted molar refractivity (Wildman–Crippen MR) is 70.8 cm³/mol. The topological polar surface area (TPSA) is 78.4 Å². The van der Waals surface area contributed by atoms with Gasteiger partial charge in [-0.15, -0.1) is 0 Å². The summed E-state index contributed by atoms with van der Waals surface area (Å²) in [5, 5.41) is 14.4. The minimum Gasteiger partial charge on any atom is -0.480 e. The highest BCUT2D eigenvalue weighted by molar-refractivity contribution is 5.83. The van der Waals surface area contributed by atoms with Gasteiger partial charge < -0.3 is 15.7 Å². The molecule has 0 aromatic heterocycles. The van der Waals surface area contributed by atoms with E-state index in [1.54, 1.807) is 0 Å². The van der Waals surface area contributed by atoms with Crippen LogP contribution in [0.15, 0.2) is 30.3 Å². The fraction of sp³-hybridized carbons (Fsp3) is 0.429. The number of amides is 2. The molecule has 0 heterocycles. The van der Waals surface area contributed by atoms with Gasteiger partial charge in [0, 0.05) is 12.5 Å². The molecule has 1 aromatic rings. The highest BCUT2D eigenvalue weighted by Gasteiger charge is 2.34. The van der Waals surface area contributed by atoms with Gasteiger partial charge in [0.25, 0.3) is 0 Å². The van der Waals surface area contributed by atoms with Gasteiger partial charge in [0.15, 0.2) is 0 Å². The number of carbonyl (C=O) groups excluding carboxylic acids is 1. The van der Waals surface area contributed by atoms with E-state index in [0.29, 0.717) is 5.92 Å². The Hall–Kier alpha value is -2.04. The van der Waals surface area contributed by atoms with Crippen molar-refractivity contribution in [3.8, 4) is 0 Å². The molecular weight excluding hydrogens is 244 g/mol. The average Bonchev–Trinajstić information content (AvgIpc) is 3.05. The van der Waals surface area contributed by atoms with E-state index in [9.17, 15) is 9.59 Å². The van der Waals surface area contributed by atoms with Crippen molar-refractivity contribution in [2.75, 3.05) is 0 Å². The Bertz CT molecular complexity index is 461. The van der Waals surface area contributed by atoms with Crippen LogP contribution in [0.1, 0.15) is 18.9 Å². The van der Waals surface area contributed by atoms with Crippen LogP contribution in [0.5, 0.6) is 0 Å². The first-order chi connectivity index (χ1) is 9.06. The lowest BCUT2D eigenvalue weighted by Gasteiger charge is -2.15. The first-order valence-electron chi connectivity index (χ1n) is 6.40. The van der Waals surface area contributed by atoms with Crippen LogP contribution in [-0.4, -0.2) is 29.2 Å². The number of hydrogen-bond donors (Lipinski definition) is 3. The van der Waals surface area contributed by atoms with Gasteiger partial charge in [0.1, 0.15) is 6.04 Å². The Kier molecular flexibility index (Phi) is 4.04. The molecule has 3 atom stereocenters. The zero-order chi connectivity index (χ0) is 13.8. The first-order valence-corrected chi connectivity index (χ1v) is 6.40. The van der Waals surface area contributed by atoms with Gasteiger partial charge in [-0.2, -0.15) is 0 Å². The van der Waals surface area contributed by atoms with Crippen LogP contribution in [-0.2, 0) is 11.2 Å². The number of carbonyl (C=O) groups is 2. The summed E-state index contributed by atoms with van der Waals surface area (Å²) in [5.41, 5.74) is 0.884. The molecule has 1 fully saturated rings. The predicted octanol–water partition coefficient (Wildman–Crippen LogP) is 1.39. The average molecular weight is 262 g/mol. The number of carboxylic acid groups (broad SMARTS) is 1. The summed E-state index contributed by atoms with van der Waals surface area (Å²) in [5.74, 6) is -0.536. The van der Waals surface area contributed by atoms with Gasteiger partial charge in [-0.05, 0) is 17.9 Å². The third-order valence-corrected chi connectivity index (χ3v) is 3.31. The monoisotopic (exact) mass is 262 g/mol. The third kappa shape index (κ3) is 3.98. The lowest BCUT2D eigenvalue weighted by atomic mass is 10.1. The zero-order valence-electron chi connectivity index (χ0n) is 10.8. The number of rotatable bonds is 5. The smallest absolute Gasteiger partial charge is 0.326 e. The van der Waals surface area contributed by atoms with E-state index in [2.05, 4.69) is 10.6 Å². The van der Waals surface area contributed by atoms with E-state index in [1.807, 2.05) is 37.3 Å². The summed E-state index contributed by atoms with van der Waals surface area (Å²) in [6.07, 6.45) is 1.24. The maximum absolute atomic E-state index is 11.7. The largest absolute Gasteiger partial charge is 0.480 e. The van der Waals surface area contributed by atoms with Crippen molar-refractivity contribution in [2.24, 2.45) is 5.92 Å². The van der Waals surface area contributed by atoms with Crippen LogP contribution in [0, 0.1) is 5.92 Å². The highest BCUT2D eigenvalue weighted by atomic mass is 16.4. The molecule has 102 valence electrons. The molecule has 0 saturated heterocycles. The van der Waals surface area contributed by atoms with Gasteiger partial charge >= 0.3 is 12.0 Å². The third-order valence-electron chi connectivity index (χ3n) is 3.31. The van der Waals surface area contributed by atoms with Gasteiger partial charge in [0.05, 0.1) is 0 Å². The summed E-state index contributed by atoms with van der Waals surface area (Å²) in [4.78, 5) is 22.8. The maximum Gasteiger partial charge on any atom is 0.326 e. The normalized spacial score (nSPS) is 22.4. The van der Waals surface area contributed by atoms with E-state index >= 15 is 0 Å². The number of nitrogens with one attached hydrogen (secondary N) is 2. The highest BCUT2D eigenvalue weighted by Crippen LogP contribution is 2.28. The van der Waals surface area contributed by atoms with Gasteiger partial charge in [-0.1, -0.05) is 37.3 Å². The van der Waals surface area contributed by atoms with E-state index < -0.39 is 18.0 Å². The van der Waals surface area contributed by atoms with E-state index in [0.717, 1.165) is 12.0 Å². The van der Waals surface area contributed by atoms with E-state index in [-0.39, 0.29) is 12.5 Å². The number of benzene rings is 1. The number of urea groups is 1. The van der Waals surface area contributed by atoms with Crippen molar-refractivity contribution in [1.82, 2.24) is 10.6 Å². The molecule has 3 N–H and O–H groups in total. The quantitative estimate of drug-likeness (QED) is 0.750. The molecule has 5 heteroatoms. The van der Waals surface area contributed by atoms with Crippen molar-refractivity contribution in [3.63, 3.8) is 0 Å². The second-order valence-corrected chi connectivity index (χ2v) is 5.02. The lowest BCUT2D eigenvalue weighted by Crippen LogP contribution is -2.47. The minimum atomic E-state index is -1.03. The number of carboxylic acids is 1. The molecular formula is C14H18N2O3. The van der Waals surface area contributed by atoms with Crippen LogP contribution in [0.3, 0.4) is 0 Å². The molecule has 2 amide bonds. The molecule has 0 aliphatic heterocycles. The number of hydrogen-bond acceptors (Lipinski definition) is 2. The van der Waals surface area contributed by atoms with Crippen molar-refractivity contribution < 1.29 is 14.7 Å². The maximum atomic E-state index is 11.7. The molecule has 1 saturated carbocycles. The molecule has 2 unspecified atom stereocenters. The molecule has 0 spiro atoms. The minimum absolute atomic E-state index is 0.186. The molecule has 5 nitrogen and oxygen atoms in total. The van der Waals surface area contributed by atoms with Crippen molar-refractivity contribution >= 4 is 12.0 Å². The molecule has 2 rings (SSSR count). The molecule has 1 aliphatic carbocycles. The zero-order valence-corrected chi connectivity index (χ0v) is 10.8. The molecule has 0 radical (unpaired) electrons. The molecule has 19 heavy (non-hydrogen) atoms. The lowest BCUT2D eigenvalue weighted by molar-refractivity contribution is -0.139. The summed E-state index contributed by atoms with van der Waals surface area (Å²) in [6, 6.07) is 8.13. The van der Waals surface area contributed by atoms with Crippen LogP contribution in [0.2, 0.25) is 0 Å². The van der Waals surface area contributed by atoms with Crippen LogP contribution >= 0.6 is 0 Å². The number of aliphatic carboxylic acids is 1. The molecule has 0 bridgehead atoms. The Morgan fingerprint density at radius 3 is 2.53 bits per heavy atom. The fourth-order valence-corrected chi connectivity index (χ4v) is 1.94. The summed E-state index contributed by atoms with van der Waals surface area (Å²) in [7, 11) is 0. The van der Waals surface area contributed by atoms with Gasteiger partial charge in [-0.3, -0.25) is 0 Å². The summed E-state index contributed by atoms with van der Waals surface area (Å²) >= 11 is 0. The van der Waals surface area contributed by atoms with Gasteiger partial charge in [-0.25, -0.2) is 9.59 Å². The Morgan fingerprint density at radius 2 is 2.00 bits per heavy atom. The SMILES string of the molecule is CC1CC1NC(=O)N[C@@H](Cc1ccccc1)C(=O)O. The van der Waals surface area contributed by atoms with Gasteiger partial charge in [0.2, 0.25) is 0 Å². The summed E-state index contributed by atoms with van der Waals surface area (Å²) < 4.78 is 0. The molecule has 1 aromatic carbocycles. The van der Waals surface area contributed by atoms with E-state index in [1.165, 1.54) is 0 Å². The molecule has 1 aliphatic rings. The van der Waals surface area contributed by atoms with E-state index in [4.69, 9.17) is 5.11 Å². The van der Waals surface area contributed by atoms with Crippen LogP contribution in [0.25, 0.3) is 0 Å². The Balaban J connectivity index is 1.89. The van der Waals surface area contributed by atoms with Crippen molar-refractivity contribution in [1.29, 1.82) is 0 Å². The van der Waals surface area contributed by atoms with Crippen molar-refractivity contribution in [3.05, 3.63) is 35.9 Å². The standard InChI is InChI=1S/C14H18N2O3/c1-9-7-11(9)15-14(19)16-12(13(17)18)8-10-5-3-2-4-6-10/h2-6,9,11-12H,7-8H2,1H3,(H,17,18)(H2,15,16,19)/t9?,11?,12-/m0/s1. The summed E-state index contributed by atoms with van der Waals surface area (Å²) in [6.45, 7) is 2.05. The fourth-order valence-electron chi connectivity index (χ4n) is 1.94. The second kappa shape index (κ2) is 5.73.